The van der Waals surface area contributed by atoms with Gasteiger partial charge in [0.1, 0.15) is 0 Å². The molecule has 0 aliphatic carbocycles. The molecule has 0 heterocycles. The van der Waals surface area contributed by atoms with Crippen LogP contribution in [0.25, 0.3) is 0 Å². The molecule has 3 nitrogen and oxygen atoms in total. The van der Waals surface area contributed by atoms with E-state index in [0.717, 1.165) is 24.0 Å². The highest BCUT2D eigenvalue weighted by molar-refractivity contribution is 5.23. The molecule has 1 atom stereocenters. The summed E-state index contributed by atoms with van der Waals surface area (Å²) >= 11 is 0. The maximum Gasteiger partial charge on any atom is 0.0790 e. The molecule has 0 aliphatic rings. The highest BCUT2D eigenvalue weighted by Gasteiger charge is 2.06. The predicted molar refractivity (Wildman–Crippen MR) is 63.2 cm³/mol. The van der Waals surface area contributed by atoms with Crippen molar-refractivity contribution in [2.24, 2.45) is 0 Å². The molecule has 16 heavy (non-hydrogen) atoms. The second kappa shape index (κ2) is 7.39. The van der Waals surface area contributed by atoms with E-state index in [0.29, 0.717) is 13.2 Å². The summed E-state index contributed by atoms with van der Waals surface area (Å²) < 4.78 is 9.98. The number of aliphatic hydroxyl groups excluding tert-OH is 1. The van der Waals surface area contributed by atoms with Crippen LogP contribution >= 0.6 is 0 Å². The van der Waals surface area contributed by atoms with Gasteiger partial charge < -0.3 is 14.6 Å². The first-order chi connectivity index (χ1) is 7.77. The molecule has 0 bridgehead atoms. The molecule has 0 spiro atoms. The quantitative estimate of drug-likeness (QED) is 0.722. The van der Waals surface area contributed by atoms with Gasteiger partial charge in [-0.25, -0.2) is 0 Å². The van der Waals surface area contributed by atoms with E-state index in [1.807, 2.05) is 24.3 Å². The minimum atomic E-state index is -0.397. The van der Waals surface area contributed by atoms with Crippen molar-refractivity contribution in [3.05, 3.63) is 35.4 Å². The van der Waals surface area contributed by atoms with Crippen LogP contribution in [0.15, 0.2) is 24.3 Å². The van der Waals surface area contributed by atoms with Gasteiger partial charge in [0.15, 0.2) is 0 Å². The van der Waals surface area contributed by atoms with Crippen molar-refractivity contribution >= 4 is 0 Å². The molecule has 1 aromatic rings. The Morgan fingerprint density at radius 2 is 1.81 bits per heavy atom. The van der Waals surface area contributed by atoms with Gasteiger partial charge in [-0.1, -0.05) is 24.3 Å². The second-order valence-corrected chi connectivity index (χ2v) is 3.83. The lowest BCUT2D eigenvalue weighted by molar-refractivity contribution is 0.136. The fourth-order valence-corrected chi connectivity index (χ4v) is 1.59. The lowest BCUT2D eigenvalue weighted by Crippen LogP contribution is -2.00. The zero-order valence-corrected chi connectivity index (χ0v) is 9.98. The van der Waals surface area contributed by atoms with Crippen LogP contribution in [0.3, 0.4) is 0 Å². The van der Waals surface area contributed by atoms with Crippen LogP contribution in [-0.4, -0.2) is 25.9 Å². The van der Waals surface area contributed by atoms with E-state index in [1.54, 1.807) is 14.2 Å². The topological polar surface area (TPSA) is 38.7 Å². The summed E-state index contributed by atoms with van der Waals surface area (Å²) in [5.74, 6) is 0. The standard InChI is InChI=1S/C13H20O3/c1-15-9-3-4-13(14)12-7-5-11(6-8-12)10-16-2/h5-8,13-14H,3-4,9-10H2,1-2H3. The third-order valence-electron chi connectivity index (χ3n) is 2.50. The van der Waals surface area contributed by atoms with Gasteiger partial charge in [-0.2, -0.15) is 0 Å². The van der Waals surface area contributed by atoms with E-state index in [1.165, 1.54) is 0 Å². The number of ether oxygens (including phenoxy) is 2. The Morgan fingerprint density at radius 1 is 1.12 bits per heavy atom. The average molecular weight is 224 g/mol. The molecule has 0 amide bonds. The Kier molecular flexibility index (Phi) is 6.08. The molecule has 0 aliphatic heterocycles. The van der Waals surface area contributed by atoms with E-state index < -0.39 is 6.10 Å². The van der Waals surface area contributed by atoms with E-state index in [9.17, 15) is 5.11 Å². The molecule has 0 radical (unpaired) electrons. The van der Waals surface area contributed by atoms with Crippen molar-refractivity contribution in [1.82, 2.24) is 0 Å². The average Bonchev–Trinajstić information content (AvgIpc) is 2.30. The molecule has 1 aromatic carbocycles. The molecule has 0 aromatic heterocycles. The van der Waals surface area contributed by atoms with E-state index >= 15 is 0 Å². The molecular formula is C13H20O3. The largest absolute Gasteiger partial charge is 0.388 e. The third-order valence-corrected chi connectivity index (χ3v) is 2.50. The fraction of sp³-hybridized carbons (Fsp3) is 0.538. The Hall–Kier alpha value is -0.900. The molecule has 1 unspecified atom stereocenters. The maximum atomic E-state index is 9.88. The molecule has 1 rings (SSSR count). The van der Waals surface area contributed by atoms with Crippen molar-refractivity contribution in [1.29, 1.82) is 0 Å². The molecule has 90 valence electrons. The summed E-state index contributed by atoms with van der Waals surface area (Å²) in [6, 6.07) is 7.87. The zero-order valence-electron chi connectivity index (χ0n) is 9.98. The summed E-state index contributed by atoms with van der Waals surface area (Å²) in [6.45, 7) is 1.30. The van der Waals surface area contributed by atoms with Crippen molar-refractivity contribution in [2.75, 3.05) is 20.8 Å². The minimum absolute atomic E-state index is 0.397. The Bertz CT molecular complexity index is 282. The summed E-state index contributed by atoms with van der Waals surface area (Å²) in [5, 5.41) is 9.88. The number of rotatable bonds is 7. The smallest absolute Gasteiger partial charge is 0.0790 e. The van der Waals surface area contributed by atoms with E-state index in [2.05, 4.69) is 0 Å². The van der Waals surface area contributed by atoms with Crippen LogP contribution in [0.1, 0.15) is 30.1 Å². The first-order valence-electron chi connectivity index (χ1n) is 5.52. The SMILES string of the molecule is COCCCC(O)c1ccc(COC)cc1. The molecule has 0 fully saturated rings. The highest BCUT2D eigenvalue weighted by atomic mass is 16.5. The second-order valence-electron chi connectivity index (χ2n) is 3.83. The van der Waals surface area contributed by atoms with Gasteiger partial charge >= 0.3 is 0 Å². The van der Waals surface area contributed by atoms with Gasteiger partial charge in [0.25, 0.3) is 0 Å². The minimum Gasteiger partial charge on any atom is -0.388 e. The van der Waals surface area contributed by atoms with Crippen LogP contribution in [0.2, 0.25) is 0 Å². The lowest BCUT2D eigenvalue weighted by Gasteiger charge is -2.11. The molecule has 0 saturated carbocycles. The summed E-state index contributed by atoms with van der Waals surface area (Å²) in [7, 11) is 3.35. The van der Waals surface area contributed by atoms with Gasteiger partial charge in [0, 0.05) is 20.8 Å². The van der Waals surface area contributed by atoms with Gasteiger partial charge in [0.05, 0.1) is 12.7 Å². The van der Waals surface area contributed by atoms with Gasteiger partial charge in [-0.05, 0) is 24.0 Å². The van der Waals surface area contributed by atoms with E-state index in [4.69, 9.17) is 9.47 Å². The van der Waals surface area contributed by atoms with Crippen LogP contribution in [0.5, 0.6) is 0 Å². The third kappa shape index (κ3) is 4.31. The van der Waals surface area contributed by atoms with Crippen molar-refractivity contribution < 1.29 is 14.6 Å². The maximum absolute atomic E-state index is 9.88. The van der Waals surface area contributed by atoms with Gasteiger partial charge in [-0.15, -0.1) is 0 Å². The van der Waals surface area contributed by atoms with Crippen LogP contribution in [-0.2, 0) is 16.1 Å². The zero-order chi connectivity index (χ0) is 11.8. The summed E-state index contributed by atoms with van der Waals surface area (Å²) in [4.78, 5) is 0. The summed E-state index contributed by atoms with van der Waals surface area (Å²) in [6.07, 6.45) is 1.21. The highest BCUT2D eigenvalue weighted by Crippen LogP contribution is 2.18. The Labute approximate surface area is 97.0 Å². The number of benzene rings is 1. The predicted octanol–water partition coefficient (Wildman–Crippen LogP) is 2.29. The Balaban J connectivity index is 2.46. The lowest BCUT2D eigenvalue weighted by atomic mass is 10.0. The monoisotopic (exact) mass is 224 g/mol. The number of hydrogen-bond acceptors (Lipinski definition) is 3. The van der Waals surface area contributed by atoms with Gasteiger partial charge in [0.2, 0.25) is 0 Å². The normalized spacial score (nSPS) is 12.7. The van der Waals surface area contributed by atoms with Crippen LogP contribution in [0, 0.1) is 0 Å². The first kappa shape index (κ1) is 13.2. The summed E-state index contributed by atoms with van der Waals surface area (Å²) in [5.41, 5.74) is 2.08. The van der Waals surface area contributed by atoms with Crippen molar-refractivity contribution in [2.45, 2.75) is 25.6 Å². The number of methoxy groups -OCH3 is 2. The number of aliphatic hydroxyl groups is 1. The fourth-order valence-electron chi connectivity index (χ4n) is 1.59. The van der Waals surface area contributed by atoms with Gasteiger partial charge in [-0.3, -0.25) is 0 Å². The molecule has 0 saturated heterocycles. The molecule has 1 N–H and O–H groups in total. The molecule has 3 heteroatoms. The molecular weight excluding hydrogens is 204 g/mol. The van der Waals surface area contributed by atoms with Crippen molar-refractivity contribution in [3.8, 4) is 0 Å². The van der Waals surface area contributed by atoms with Crippen LogP contribution in [0.4, 0.5) is 0 Å². The Morgan fingerprint density at radius 3 is 2.38 bits per heavy atom. The van der Waals surface area contributed by atoms with E-state index in [-0.39, 0.29) is 0 Å². The first-order valence-corrected chi connectivity index (χ1v) is 5.52. The number of hydrogen-bond donors (Lipinski definition) is 1. The van der Waals surface area contributed by atoms with Crippen LogP contribution < -0.4 is 0 Å². The van der Waals surface area contributed by atoms with Crippen molar-refractivity contribution in [3.63, 3.8) is 0 Å².